The molecule has 1 aliphatic heterocycles. The van der Waals surface area contributed by atoms with E-state index in [-0.39, 0.29) is 18.7 Å². The van der Waals surface area contributed by atoms with Crippen LogP contribution in [0, 0.1) is 11.3 Å². The van der Waals surface area contributed by atoms with Gasteiger partial charge in [0.1, 0.15) is 0 Å². The summed E-state index contributed by atoms with van der Waals surface area (Å²) in [5.41, 5.74) is 0.872. The van der Waals surface area contributed by atoms with Gasteiger partial charge in [0.2, 0.25) is 12.7 Å². The molecule has 0 aromatic heterocycles. The number of hydrogen-bond acceptors (Lipinski definition) is 4. The van der Waals surface area contributed by atoms with Gasteiger partial charge in [-0.2, -0.15) is 5.26 Å². The number of fused-ring (bicyclic) bond motifs is 1. The van der Waals surface area contributed by atoms with Crippen molar-refractivity contribution in [3.8, 4) is 17.6 Å². The van der Waals surface area contributed by atoms with Crippen LogP contribution in [0.2, 0.25) is 0 Å². The van der Waals surface area contributed by atoms with Crippen molar-refractivity contribution in [2.45, 2.75) is 26.3 Å². The summed E-state index contributed by atoms with van der Waals surface area (Å²) < 4.78 is 10.5. The van der Waals surface area contributed by atoms with E-state index in [0.29, 0.717) is 18.7 Å². The Labute approximate surface area is 124 Å². The van der Waals surface area contributed by atoms with Crippen LogP contribution in [-0.2, 0) is 4.79 Å². The lowest BCUT2D eigenvalue weighted by Crippen LogP contribution is -2.36. The maximum atomic E-state index is 12.2. The van der Waals surface area contributed by atoms with Gasteiger partial charge in [-0.3, -0.25) is 4.79 Å². The molecule has 110 valence electrons. The molecule has 0 fully saturated rings. The van der Waals surface area contributed by atoms with E-state index in [9.17, 15) is 4.79 Å². The third kappa shape index (κ3) is 3.76. The van der Waals surface area contributed by atoms with Crippen molar-refractivity contribution < 1.29 is 14.3 Å². The van der Waals surface area contributed by atoms with Crippen LogP contribution >= 0.6 is 0 Å². The first-order valence-electron chi connectivity index (χ1n) is 6.87. The van der Waals surface area contributed by atoms with Gasteiger partial charge in [0.15, 0.2) is 11.5 Å². The largest absolute Gasteiger partial charge is 0.454 e. The summed E-state index contributed by atoms with van der Waals surface area (Å²) in [6.07, 6.45) is 3.60. The van der Waals surface area contributed by atoms with Gasteiger partial charge in [-0.15, -0.1) is 0 Å². The Hall–Kier alpha value is -2.48. The highest BCUT2D eigenvalue weighted by atomic mass is 16.7. The first kappa shape index (κ1) is 14.9. The smallest absolute Gasteiger partial charge is 0.246 e. The molecule has 5 heteroatoms. The minimum absolute atomic E-state index is 0.0623. The third-order valence-electron chi connectivity index (χ3n) is 3.19. The number of amides is 1. The summed E-state index contributed by atoms with van der Waals surface area (Å²) >= 11 is 0. The van der Waals surface area contributed by atoms with Crippen molar-refractivity contribution in [2.75, 3.05) is 13.3 Å². The monoisotopic (exact) mass is 286 g/mol. The lowest BCUT2D eigenvalue weighted by molar-refractivity contribution is -0.127. The van der Waals surface area contributed by atoms with Crippen LogP contribution in [0.4, 0.5) is 0 Å². The van der Waals surface area contributed by atoms with Crippen LogP contribution in [0.3, 0.4) is 0 Å². The number of carbonyl (C=O) groups excluding carboxylic acids is 1. The lowest BCUT2D eigenvalue weighted by atomic mass is 10.2. The van der Waals surface area contributed by atoms with Crippen molar-refractivity contribution in [2.24, 2.45) is 0 Å². The topological polar surface area (TPSA) is 62.6 Å². The molecule has 1 aromatic rings. The van der Waals surface area contributed by atoms with Gasteiger partial charge >= 0.3 is 0 Å². The first-order chi connectivity index (χ1) is 10.1. The van der Waals surface area contributed by atoms with E-state index in [1.165, 1.54) is 6.08 Å². The van der Waals surface area contributed by atoms with E-state index in [2.05, 4.69) is 6.07 Å². The summed E-state index contributed by atoms with van der Waals surface area (Å²) in [6.45, 7) is 4.54. The van der Waals surface area contributed by atoms with Gasteiger partial charge in [-0.05, 0) is 37.6 Å². The Kier molecular flexibility index (Phi) is 4.83. The molecule has 0 aliphatic carbocycles. The summed E-state index contributed by atoms with van der Waals surface area (Å²) in [5.74, 6) is 1.31. The molecule has 0 saturated heterocycles. The highest BCUT2D eigenvalue weighted by molar-refractivity contribution is 5.92. The first-order valence-corrected chi connectivity index (χ1v) is 6.87. The molecule has 0 N–H and O–H groups in total. The highest BCUT2D eigenvalue weighted by Gasteiger charge is 2.15. The summed E-state index contributed by atoms with van der Waals surface area (Å²) in [5, 5.41) is 8.64. The Balaban J connectivity index is 2.05. The summed E-state index contributed by atoms with van der Waals surface area (Å²) in [6, 6.07) is 7.65. The number of carbonyl (C=O) groups is 1. The minimum atomic E-state index is -0.0992. The van der Waals surface area contributed by atoms with Gasteiger partial charge in [-0.25, -0.2) is 0 Å². The molecule has 21 heavy (non-hydrogen) atoms. The fourth-order valence-corrected chi connectivity index (χ4v) is 2.07. The second-order valence-electron chi connectivity index (χ2n) is 4.98. The number of nitrogens with zero attached hydrogens (tertiary/aromatic N) is 2. The molecule has 5 nitrogen and oxygen atoms in total. The Morgan fingerprint density at radius 3 is 2.90 bits per heavy atom. The molecule has 1 aliphatic rings. The zero-order valence-corrected chi connectivity index (χ0v) is 12.2. The number of benzene rings is 1. The molecule has 1 amide bonds. The molecule has 1 aromatic carbocycles. The molecule has 2 rings (SSSR count). The van der Waals surface area contributed by atoms with Crippen LogP contribution in [0.25, 0.3) is 6.08 Å². The molecule has 0 unspecified atom stereocenters. The van der Waals surface area contributed by atoms with E-state index in [1.807, 2.05) is 32.0 Å². The van der Waals surface area contributed by atoms with Gasteiger partial charge in [0, 0.05) is 18.7 Å². The molecule has 0 spiro atoms. The standard InChI is InChI=1S/C16H18N2O3/c1-12(2)18(9-3-8-17)16(19)7-5-13-4-6-14-15(10-13)21-11-20-14/h4-7,10,12H,3,9,11H2,1-2H3/b7-5+. The van der Waals surface area contributed by atoms with E-state index in [1.54, 1.807) is 11.0 Å². The van der Waals surface area contributed by atoms with E-state index in [0.717, 1.165) is 11.3 Å². The second kappa shape index (κ2) is 6.80. The molecule has 0 saturated carbocycles. The van der Waals surface area contributed by atoms with Crippen molar-refractivity contribution in [3.63, 3.8) is 0 Å². The van der Waals surface area contributed by atoms with E-state index >= 15 is 0 Å². The number of hydrogen-bond donors (Lipinski definition) is 0. The number of nitriles is 1. The van der Waals surface area contributed by atoms with Crippen LogP contribution in [0.5, 0.6) is 11.5 Å². The second-order valence-corrected chi connectivity index (χ2v) is 4.98. The Morgan fingerprint density at radius 2 is 2.19 bits per heavy atom. The average Bonchev–Trinajstić information content (AvgIpc) is 2.92. The predicted molar refractivity (Wildman–Crippen MR) is 78.7 cm³/mol. The highest BCUT2D eigenvalue weighted by Crippen LogP contribution is 2.32. The van der Waals surface area contributed by atoms with E-state index in [4.69, 9.17) is 14.7 Å². The fourth-order valence-electron chi connectivity index (χ4n) is 2.07. The SMILES string of the molecule is CC(C)N(CCC#N)C(=O)/C=C/c1ccc2c(c1)OCO2. The normalized spacial score (nSPS) is 12.7. The van der Waals surface area contributed by atoms with Gasteiger partial charge in [-0.1, -0.05) is 6.07 Å². The third-order valence-corrected chi connectivity index (χ3v) is 3.19. The molecule has 0 bridgehead atoms. The van der Waals surface area contributed by atoms with Crippen molar-refractivity contribution in [1.82, 2.24) is 4.90 Å². The molecular weight excluding hydrogens is 268 g/mol. The van der Waals surface area contributed by atoms with Crippen LogP contribution in [0.15, 0.2) is 24.3 Å². The molecule has 0 radical (unpaired) electrons. The quantitative estimate of drug-likeness (QED) is 0.780. The van der Waals surface area contributed by atoms with Gasteiger partial charge in [0.25, 0.3) is 0 Å². The van der Waals surface area contributed by atoms with Crippen molar-refractivity contribution >= 4 is 12.0 Å². The van der Waals surface area contributed by atoms with Crippen molar-refractivity contribution in [3.05, 3.63) is 29.8 Å². The maximum Gasteiger partial charge on any atom is 0.246 e. The zero-order chi connectivity index (χ0) is 15.2. The maximum absolute atomic E-state index is 12.2. The lowest BCUT2D eigenvalue weighted by Gasteiger charge is -2.24. The summed E-state index contributed by atoms with van der Waals surface area (Å²) in [4.78, 5) is 13.8. The van der Waals surface area contributed by atoms with Gasteiger partial charge in [0.05, 0.1) is 12.5 Å². The van der Waals surface area contributed by atoms with Gasteiger partial charge < -0.3 is 14.4 Å². The molecule has 1 heterocycles. The number of rotatable bonds is 5. The minimum Gasteiger partial charge on any atom is -0.454 e. The fraction of sp³-hybridized carbons (Fsp3) is 0.375. The molecular formula is C16H18N2O3. The predicted octanol–water partition coefficient (Wildman–Crippen LogP) is 2.58. The Bertz CT molecular complexity index is 588. The summed E-state index contributed by atoms with van der Waals surface area (Å²) in [7, 11) is 0. The van der Waals surface area contributed by atoms with E-state index < -0.39 is 0 Å². The zero-order valence-electron chi connectivity index (χ0n) is 12.2. The molecule has 0 atom stereocenters. The van der Waals surface area contributed by atoms with Crippen molar-refractivity contribution in [1.29, 1.82) is 5.26 Å². The Morgan fingerprint density at radius 1 is 1.43 bits per heavy atom. The van der Waals surface area contributed by atoms with Crippen LogP contribution in [0.1, 0.15) is 25.8 Å². The average molecular weight is 286 g/mol. The van der Waals surface area contributed by atoms with Crippen LogP contribution < -0.4 is 9.47 Å². The number of ether oxygens (including phenoxy) is 2. The van der Waals surface area contributed by atoms with Crippen LogP contribution in [-0.4, -0.2) is 30.2 Å².